The number of thiazole rings is 1. The molecule has 3 rings (SSSR count). The van der Waals surface area contributed by atoms with Crippen molar-refractivity contribution in [1.82, 2.24) is 4.98 Å². The SMILES string of the molecule is Nc1cnc(N2CCN(c3ccc(Cl)cc3)CC2)s1. The summed E-state index contributed by atoms with van der Waals surface area (Å²) in [7, 11) is 0. The second-order valence-corrected chi connectivity index (χ2v) is 5.97. The van der Waals surface area contributed by atoms with Crippen molar-refractivity contribution in [3.8, 4) is 0 Å². The van der Waals surface area contributed by atoms with Crippen molar-refractivity contribution >= 4 is 38.8 Å². The number of nitrogens with zero attached hydrogens (tertiary/aromatic N) is 3. The van der Waals surface area contributed by atoms with Crippen LogP contribution in [0.4, 0.5) is 15.8 Å². The van der Waals surface area contributed by atoms with E-state index in [2.05, 4.69) is 26.9 Å². The van der Waals surface area contributed by atoms with Crippen LogP contribution in [-0.4, -0.2) is 31.2 Å². The molecule has 0 amide bonds. The van der Waals surface area contributed by atoms with Gasteiger partial charge in [-0.3, -0.25) is 0 Å². The summed E-state index contributed by atoms with van der Waals surface area (Å²) in [5.74, 6) is 0. The molecule has 0 radical (unpaired) electrons. The van der Waals surface area contributed by atoms with Crippen LogP contribution in [0, 0.1) is 0 Å². The van der Waals surface area contributed by atoms with Gasteiger partial charge in [0.25, 0.3) is 0 Å². The van der Waals surface area contributed by atoms with Gasteiger partial charge >= 0.3 is 0 Å². The molecule has 19 heavy (non-hydrogen) atoms. The fraction of sp³-hybridized carbons (Fsp3) is 0.308. The Morgan fingerprint density at radius 2 is 1.68 bits per heavy atom. The Hall–Kier alpha value is -1.46. The Labute approximate surface area is 121 Å². The molecule has 0 saturated carbocycles. The first-order chi connectivity index (χ1) is 9.22. The average Bonchev–Trinajstić information content (AvgIpc) is 2.87. The van der Waals surface area contributed by atoms with Crippen LogP contribution in [0.1, 0.15) is 0 Å². The van der Waals surface area contributed by atoms with E-state index in [9.17, 15) is 0 Å². The first kappa shape index (κ1) is 12.6. The number of piperazine rings is 1. The van der Waals surface area contributed by atoms with Crippen LogP contribution >= 0.6 is 22.9 Å². The van der Waals surface area contributed by atoms with E-state index in [1.165, 1.54) is 5.69 Å². The third-order valence-corrected chi connectivity index (χ3v) is 4.39. The zero-order valence-electron chi connectivity index (χ0n) is 10.4. The maximum atomic E-state index is 5.91. The second-order valence-electron chi connectivity index (χ2n) is 4.50. The molecule has 1 aliphatic heterocycles. The van der Waals surface area contributed by atoms with E-state index in [-0.39, 0.29) is 0 Å². The number of benzene rings is 1. The van der Waals surface area contributed by atoms with Crippen molar-refractivity contribution in [2.75, 3.05) is 41.7 Å². The third kappa shape index (κ3) is 2.77. The number of nitrogens with two attached hydrogens (primary N) is 1. The Bertz CT molecular complexity index is 546. The highest BCUT2D eigenvalue weighted by molar-refractivity contribution is 7.19. The van der Waals surface area contributed by atoms with Crippen molar-refractivity contribution in [3.05, 3.63) is 35.5 Å². The van der Waals surface area contributed by atoms with Crippen LogP contribution in [0.2, 0.25) is 5.02 Å². The molecule has 0 spiro atoms. The maximum absolute atomic E-state index is 5.91. The number of anilines is 3. The molecule has 6 heteroatoms. The predicted molar refractivity (Wildman–Crippen MR) is 82.4 cm³/mol. The van der Waals surface area contributed by atoms with Gasteiger partial charge in [-0.1, -0.05) is 22.9 Å². The van der Waals surface area contributed by atoms with E-state index in [1.807, 2.05) is 12.1 Å². The number of hydrogen-bond acceptors (Lipinski definition) is 5. The smallest absolute Gasteiger partial charge is 0.187 e. The summed E-state index contributed by atoms with van der Waals surface area (Å²) in [5.41, 5.74) is 6.95. The van der Waals surface area contributed by atoms with Gasteiger partial charge < -0.3 is 15.5 Å². The van der Waals surface area contributed by atoms with Crippen LogP contribution in [0.3, 0.4) is 0 Å². The standard InChI is InChI=1S/C13H15ClN4S/c14-10-1-3-11(4-2-10)17-5-7-18(8-6-17)13-16-9-12(15)19-13/h1-4,9H,5-8,15H2. The van der Waals surface area contributed by atoms with Gasteiger partial charge in [0.2, 0.25) is 0 Å². The van der Waals surface area contributed by atoms with Gasteiger partial charge in [-0.25, -0.2) is 4.98 Å². The monoisotopic (exact) mass is 294 g/mol. The molecule has 2 N–H and O–H groups in total. The minimum absolute atomic E-state index is 0.773. The fourth-order valence-corrected chi connectivity index (χ4v) is 3.09. The molecule has 100 valence electrons. The molecule has 1 aromatic carbocycles. The van der Waals surface area contributed by atoms with E-state index >= 15 is 0 Å². The first-order valence-electron chi connectivity index (χ1n) is 6.19. The van der Waals surface area contributed by atoms with Gasteiger partial charge in [0.15, 0.2) is 5.13 Å². The lowest BCUT2D eigenvalue weighted by Crippen LogP contribution is -2.46. The molecule has 1 aromatic heterocycles. The zero-order valence-corrected chi connectivity index (χ0v) is 12.0. The van der Waals surface area contributed by atoms with Crippen molar-refractivity contribution < 1.29 is 0 Å². The molecule has 1 saturated heterocycles. The first-order valence-corrected chi connectivity index (χ1v) is 7.38. The topological polar surface area (TPSA) is 45.4 Å². The maximum Gasteiger partial charge on any atom is 0.187 e. The molecule has 2 aromatic rings. The Morgan fingerprint density at radius 1 is 1.05 bits per heavy atom. The van der Waals surface area contributed by atoms with Gasteiger partial charge in [0.05, 0.1) is 6.20 Å². The van der Waals surface area contributed by atoms with Gasteiger partial charge in [-0.2, -0.15) is 0 Å². The Balaban J connectivity index is 1.64. The number of rotatable bonds is 2. The van der Waals surface area contributed by atoms with Gasteiger partial charge in [-0.05, 0) is 24.3 Å². The van der Waals surface area contributed by atoms with Crippen molar-refractivity contribution in [2.24, 2.45) is 0 Å². The number of halogens is 1. The average molecular weight is 295 g/mol. The van der Waals surface area contributed by atoms with Crippen molar-refractivity contribution in [1.29, 1.82) is 0 Å². The summed E-state index contributed by atoms with van der Waals surface area (Å²) in [6.45, 7) is 3.91. The van der Waals surface area contributed by atoms with Crippen molar-refractivity contribution in [3.63, 3.8) is 0 Å². The van der Waals surface area contributed by atoms with E-state index in [1.54, 1.807) is 17.5 Å². The van der Waals surface area contributed by atoms with Crippen LogP contribution in [0.25, 0.3) is 0 Å². The summed E-state index contributed by atoms with van der Waals surface area (Å²) in [4.78, 5) is 8.98. The summed E-state index contributed by atoms with van der Waals surface area (Å²) in [5, 5.41) is 2.57. The molecule has 0 atom stereocenters. The van der Waals surface area contributed by atoms with Crippen LogP contribution in [0.15, 0.2) is 30.5 Å². The molecule has 0 aliphatic carbocycles. The largest absolute Gasteiger partial charge is 0.389 e. The number of nitrogen functional groups attached to an aromatic ring is 1. The summed E-state index contributed by atoms with van der Waals surface area (Å²) in [6, 6.07) is 8.01. The van der Waals surface area contributed by atoms with Crippen molar-refractivity contribution in [2.45, 2.75) is 0 Å². The highest BCUT2D eigenvalue weighted by Crippen LogP contribution is 2.26. The normalized spacial score (nSPS) is 15.8. The number of aromatic nitrogens is 1. The second kappa shape index (κ2) is 5.27. The van der Waals surface area contributed by atoms with Crippen LogP contribution in [-0.2, 0) is 0 Å². The lowest BCUT2D eigenvalue weighted by molar-refractivity contribution is 0.652. The third-order valence-electron chi connectivity index (χ3n) is 3.25. The minimum atomic E-state index is 0.773. The van der Waals surface area contributed by atoms with Gasteiger partial charge in [0.1, 0.15) is 5.00 Å². The Kier molecular flexibility index (Phi) is 3.48. The predicted octanol–water partition coefficient (Wildman–Crippen LogP) is 2.71. The highest BCUT2D eigenvalue weighted by Gasteiger charge is 2.19. The molecular weight excluding hydrogens is 280 g/mol. The van der Waals surface area contributed by atoms with E-state index in [0.29, 0.717) is 0 Å². The van der Waals surface area contributed by atoms with Crippen LogP contribution in [0.5, 0.6) is 0 Å². The number of hydrogen-bond donors (Lipinski definition) is 1. The van der Waals surface area contributed by atoms with E-state index in [4.69, 9.17) is 17.3 Å². The summed E-state index contributed by atoms with van der Waals surface area (Å²) >= 11 is 7.46. The lowest BCUT2D eigenvalue weighted by atomic mass is 10.2. The molecule has 1 fully saturated rings. The zero-order chi connectivity index (χ0) is 13.2. The van der Waals surface area contributed by atoms with Gasteiger partial charge in [-0.15, -0.1) is 0 Å². The van der Waals surface area contributed by atoms with E-state index in [0.717, 1.165) is 41.3 Å². The lowest BCUT2D eigenvalue weighted by Gasteiger charge is -2.36. The molecule has 0 unspecified atom stereocenters. The molecular formula is C13H15ClN4S. The Morgan fingerprint density at radius 3 is 2.26 bits per heavy atom. The fourth-order valence-electron chi connectivity index (χ4n) is 2.23. The quantitative estimate of drug-likeness (QED) is 0.925. The summed E-state index contributed by atoms with van der Waals surface area (Å²) in [6.07, 6.45) is 1.73. The molecule has 2 heterocycles. The molecule has 1 aliphatic rings. The van der Waals surface area contributed by atoms with Crippen LogP contribution < -0.4 is 15.5 Å². The molecule has 4 nitrogen and oxygen atoms in total. The van der Waals surface area contributed by atoms with E-state index < -0.39 is 0 Å². The minimum Gasteiger partial charge on any atom is -0.389 e. The molecule has 0 bridgehead atoms. The van der Waals surface area contributed by atoms with Gasteiger partial charge in [0, 0.05) is 36.9 Å². The highest BCUT2D eigenvalue weighted by atomic mass is 35.5. The summed E-state index contributed by atoms with van der Waals surface area (Å²) < 4.78 is 0.